The molecule has 0 saturated carbocycles. The Hall–Kier alpha value is -3.78. The van der Waals surface area contributed by atoms with Gasteiger partial charge in [-0.15, -0.1) is 11.3 Å². The first-order chi connectivity index (χ1) is 16.0. The molecule has 1 aliphatic rings. The summed E-state index contributed by atoms with van der Waals surface area (Å²) in [5.74, 6) is -1.62. The first kappa shape index (κ1) is 22.4. The molecular weight excluding hydrogens is 440 g/mol. The SMILES string of the molecule is COC(=O)c1ccc(N2C(=O)CC(N(CCc3ccccc3)C(=O)c3cccs3)C2=O)cc1. The number of hydrogen-bond acceptors (Lipinski definition) is 6. The molecule has 168 valence electrons. The fourth-order valence-corrected chi connectivity index (χ4v) is 4.51. The molecule has 33 heavy (non-hydrogen) atoms. The Kier molecular flexibility index (Phi) is 6.65. The van der Waals surface area contributed by atoms with E-state index < -0.39 is 17.9 Å². The molecule has 4 rings (SSSR count). The summed E-state index contributed by atoms with van der Waals surface area (Å²) >= 11 is 1.30. The number of benzene rings is 2. The van der Waals surface area contributed by atoms with Crippen LogP contribution in [0.1, 0.15) is 32.0 Å². The molecule has 1 atom stereocenters. The second kappa shape index (κ2) is 9.79. The van der Waals surface area contributed by atoms with Crippen LogP contribution in [0.3, 0.4) is 0 Å². The highest BCUT2D eigenvalue weighted by molar-refractivity contribution is 7.12. The first-order valence-corrected chi connectivity index (χ1v) is 11.3. The summed E-state index contributed by atoms with van der Waals surface area (Å²) in [6.45, 7) is 0.305. The van der Waals surface area contributed by atoms with Gasteiger partial charge < -0.3 is 9.64 Å². The van der Waals surface area contributed by atoms with Gasteiger partial charge in [0.05, 0.1) is 29.7 Å². The Bertz CT molecular complexity index is 1160. The highest BCUT2D eigenvalue weighted by Crippen LogP contribution is 2.28. The van der Waals surface area contributed by atoms with E-state index in [0.29, 0.717) is 29.1 Å². The Morgan fingerprint density at radius 3 is 2.39 bits per heavy atom. The average molecular weight is 463 g/mol. The van der Waals surface area contributed by atoms with E-state index in [4.69, 9.17) is 0 Å². The van der Waals surface area contributed by atoms with Crippen molar-refractivity contribution in [3.8, 4) is 0 Å². The van der Waals surface area contributed by atoms with E-state index in [9.17, 15) is 19.2 Å². The van der Waals surface area contributed by atoms with Crippen molar-refractivity contribution < 1.29 is 23.9 Å². The summed E-state index contributed by atoms with van der Waals surface area (Å²) in [7, 11) is 1.28. The van der Waals surface area contributed by atoms with Crippen LogP contribution < -0.4 is 4.90 Å². The van der Waals surface area contributed by atoms with Crippen LogP contribution in [-0.4, -0.2) is 48.3 Å². The van der Waals surface area contributed by atoms with Crippen molar-refractivity contribution in [3.05, 3.63) is 88.1 Å². The van der Waals surface area contributed by atoms with E-state index in [1.165, 1.54) is 47.6 Å². The van der Waals surface area contributed by atoms with Crippen molar-refractivity contribution in [2.24, 2.45) is 0 Å². The smallest absolute Gasteiger partial charge is 0.337 e. The number of esters is 1. The third kappa shape index (κ3) is 4.70. The van der Waals surface area contributed by atoms with Gasteiger partial charge in [0.1, 0.15) is 6.04 Å². The van der Waals surface area contributed by atoms with Gasteiger partial charge in [0.15, 0.2) is 0 Å². The van der Waals surface area contributed by atoms with Crippen molar-refractivity contribution in [1.82, 2.24) is 4.90 Å². The highest BCUT2D eigenvalue weighted by atomic mass is 32.1. The summed E-state index contributed by atoms with van der Waals surface area (Å²) in [4.78, 5) is 54.2. The van der Waals surface area contributed by atoms with Crippen LogP contribution >= 0.6 is 11.3 Å². The molecule has 1 aliphatic heterocycles. The van der Waals surface area contributed by atoms with Gasteiger partial charge in [0.25, 0.3) is 11.8 Å². The molecule has 1 unspecified atom stereocenters. The van der Waals surface area contributed by atoms with E-state index in [-0.39, 0.29) is 18.2 Å². The lowest BCUT2D eigenvalue weighted by molar-refractivity contribution is -0.122. The number of imide groups is 1. The van der Waals surface area contributed by atoms with Crippen LogP contribution in [0.15, 0.2) is 72.1 Å². The van der Waals surface area contributed by atoms with Crippen LogP contribution in [-0.2, 0) is 20.7 Å². The number of hydrogen-bond donors (Lipinski definition) is 0. The number of thiophene rings is 1. The highest BCUT2D eigenvalue weighted by Gasteiger charge is 2.44. The number of carbonyl (C=O) groups excluding carboxylic acids is 4. The van der Waals surface area contributed by atoms with E-state index in [1.54, 1.807) is 17.5 Å². The fourth-order valence-electron chi connectivity index (χ4n) is 3.83. The number of amides is 3. The maximum Gasteiger partial charge on any atom is 0.337 e. The van der Waals surface area contributed by atoms with Gasteiger partial charge in [0, 0.05) is 6.54 Å². The third-order valence-corrected chi connectivity index (χ3v) is 6.38. The fraction of sp³-hybridized carbons (Fsp3) is 0.200. The van der Waals surface area contributed by atoms with Crippen LogP contribution in [0.5, 0.6) is 0 Å². The minimum Gasteiger partial charge on any atom is -0.465 e. The topological polar surface area (TPSA) is 84.0 Å². The molecule has 2 aromatic carbocycles. The molecule has 0 spiro atoms. The molecule has 1 saturated heterocycles. The number of nitrogens with zero attached hydrogens (tertiary/aromatic N) is 2. The van der Waals surface area contributed by atoms with Gasteiger partial charge >= 0.3 is 5.97 Å². The summed E-state index contributed by atoms with van der Waals surface area (Å²) in [5.41, 5.74) is 1.70. The number of ether oxygens (including phenoxy) is 1. The second-order valence-electron chi connectivity index (χ2n) is 7.54. The Morgan fingerprint density at radius 2 is 1.76 bits per heavy atom. The van der Waals surface area contributed by atoms with E-state index in [2.05, 4.69) is 4.74 Å². The van der Waals surface area contributed by atoms with Gasteiger partial charge in [-0.2, -0.15) is 0 Å². The molecule has 8 heteroatoms. The van der Waals surface area contributed by atoms with E-state index in [0.717, 1.165) is 10.5 Å². The normalized spacial score (nSPS) is 15.5. The van der Waals surface area contributed by atoms with Gasteiger partial charge in [-0.1, -0.05) is 36.4 Å². The molecule has 1 fully saturated rings. The summed E-state index contributed by atoms with van der Waals surface area (Å²) in [6, 6.07) is 18.3. The third-order valence-electron chi connectivity index (χ3n) is 5.52. The van der Waals surface area contributed by atoms with Crippen LogP contribution in [0.2, 0.25) is 0 Å². The largest absolute Gasteiger partial charge is 0.465 e. The van der Waals surface area contributed by atoms with Crippen molar-refractivity contribution in [2.75, 3.05) is 18.6 Å². The minimum absolute atomic E-state index is 0.0938. The average Bonchev–Trinajstić information content (AvgIpc) is 3.48. The van der Waals surface area contributed by atoms with Crippen LogP contribution in [0.4, 0.5) is 5.69 Å². The lowest BCUT2D eigenvalue weighted by Gasteiger charge is -2.27. The van der Waals surface area contributed by atoms with Crippen LogP contribution in [0, 0.1) is 0 Å². The molecule has 0 radical (unpaired) electrons. The number of methoxy groups -OCH3 is 1. The lowest BCUT2D eigenvalue weighted by atomic mass is 10.1. The van der Waals surface area contributed by atoms with Gasteiger partial charge in [-0.05, 0) is 47.7 Å². The second-order valence-corrected chi connectivity index (χ2v) is 8.48. The van der Waals surface area contributed by atoms with Gasteiger partial charge in [-0.25, -0.2) is 9.69 Å². The zero-order chi connectivity index (χ0) is 23.4. The summed E-state index contributed by atoms with van der Waals surface area (Å²) in [6.07, 6.45) is 0.466. The Morgan fingerprint density at radius 1 is 1.03 bits per heavy atom. The number of anilines is 1. The molecule has 7 nitrogen and oxygen atoms in total. The van der Waals surface area contributed by atoms with Crippen molar-refractivity contribution in [2.45, 2.75) is 18.9 Å². The van der Waals surface area contributed by atoms with Crippen molar-refractivity contribution in [3.63, 3.8) is 0 Å². The predicted octanol–water partition coefficient (Wildman–Crippen LogP) is 3.55. The minimum atomic E-state index is -0.893. The first-order valence-electron chi connectivity index (χ1n) is 10.4. The molecule has 3 aromatic rings. The summed E-state index contributed by atoms with van der Waals surface area (Å²) in [5, 5.41) is 1.80. The molecule has 1 aromatic heterocycles. The van der Waals surface area contributed by atoms with Crippen molar-refractivity contribution >= 4 is 40.7 Å². The molecule has 0 N–H and O–H groups in total. The number of carbonyl (C=O) groups is 4. The molecule has 0 bridgehead atoms. The zero-order valence-corrected chi connectivity index (χ0v) is 18.8. The van der Waals surface area contributed by atoms with Gasteiger partial charge in [0.2, 0.25) is 5.91 Å². The Labute approximate surface area is 195 Å². The molecule has 2 heterocycles. The van der Waals surface area contributed by atoms with Gasteiger partial charge in [-0.3, -0.25) is 14.4 Å². The monoisotopic (exact) mass is 462 g/mol. The van der Waals surface area contributed by atoms with E-state index >= 15 is 0 Å². The van der Waals surface area contributed by atoms with Crippen molar-refractivity contribution in [1.29, 1.82) is 0 Å². The number of rotatable bonds is 7. The molecule has 3 amide bonds. The summed E-state index contributed by atoms with van der Waals surface area (Å²) < 4.78 is 4.69. The maximum atomic E-state index is 13.3. The Balaban J connectivity index is 1.59. The van der Waals surface area contributed by atoms with Crippen LogP contribution in [0.25, 0.3) is 0 Å². The zero-order valence-electron chi connectivity index (χ0n) is 18.0. The quantitative estimate of drug-likeness (QED) is 0.396. The lowest BCUT2D eigenvalue weighted by Crippen LogP contribution is -2.46. The standard InChI is InChI=1S/C25H22N2O5S/c1-32-25(31)18-9-11-19(12-10-18)27-22(28)16-20(23(27)29)26(24(30)21-8-5-15-33-21)14-13-17-6-3-2-4-7-17/h2-12,15,20H,13-14,16H2,1H3. The maximum absolute atomic E-state index is 13.3. The molecular formula is C25H22N2O5S. The van der Waals surface area contributed by atoms with E-state index in [1.807, 2.05) is 30.3 Å². The predicted molar refractivity (Wildman–Crippen MR) is 124 cm³/mol. The molecule has 0 aliphatic carbocycles.